The average molecular weight is 229 g/mol. The van der Waals surface area contributed by atoms with Crippen LogP contribution in [0.3, 0.4) is 0 Å². The van der Waals surface area contributed by atoms with E-state index in [4.69, 9.17) is 0 Å². The smallest absolute Gasteiger partial charge is 0.125 e. The summed E-state index contributed by atoms with van der Waals surface area (Å²) in [7, 11) is 0. The molecular weight excluding hydrogens is 213 g/mol. The highest BCUT2D eigenvalue weighted by molar-refractivity contribution is 5.51. The van der Waals surface area contributed by atoms with Gasteiger partial charge in [-0.15, -0.1) is 0 Å². The molecule has 2 aromatic carbocycles. The van der Waals surface area contributed by atoms with E-state index in [2.05, 4.69) is 36.5 Å². The summed E-state index contributed by atoms with van der Waals surface area (Å²) >= 11 is 0. The van der Waals surface area contributed by atoms with Gasteiger partial charge in [-0.2, -0.15) is 0 Å². The first-order chi connectivity index (χ1) is 8.15. The number of halogens is 1. The van der Waals surface area contributed by atoms with Crippen molar-refractivity contribution in [3.05, 3.63) is 65.0 Å². The lowest BCUT2D eigenvalue weighted by atomic mass is 10.1. The van der Waals surface area contributed by atoms with Gasteiger partial charge >= 0.3 is 0 Å². The highest BCUT2D eigenvalue weighted by atomic mass is 19.1. The molecule has 0 aliphatic rings. The van der Waals surface area contributed by atoms with E-state index in [0.717, 1.165) is 11.3 Å². The molecule has 0 saturated carbocycles. The largest absolute Gasteiger partial charge is 0.381 e. The number of benzene rings is 2. The minimum atomic E-state index is -0.206. The maximum Gasteiger partial charge on any atom is 0.125 e. The van der Waals surface area contributed by atoms with Crippen molar-refractivity contribution in [2.75, 3.05) is 5.32 Å². The fourth-order valence-corrected chi connectivity index (χ4v) is 1.69. The van der Waals surface area contributed by atoms with Crippen LogP contribution < -0.4 is 5.32 Å². The fourth-order valence-electron chi connectivity index (χ4n) is 1.69. The molecule has 0 heterocycles. The van der Waals surface area contributed by atoms with Crippen molar-refractivity contribution in [1.82, 2.24) is 0 Å². The Morgan fingerprint density at radius 2 is 1.71 bits per heavy atom. The normalized spacial score (nSPS) is 10.3. The highest BCUT2D eigenvalue weighted by Crippen LogP contribution is 2.17. The van der Waals surface area contributed by atoms with Crippen LogP contribution >= 0.6 is 0 Å². The Hall–Kier alpha value is -1.83. The zero-order valence-corrected chi connectivity index (χ0v) is 10.1. The molecule has 0 radical (unpaired) electrons. The molecule has 2 rings (SSSR count). The minimum Gasteiger partial charge on any atom is -0.381 e. The molecule has 2 heteroatoms. The molecule has 0 aromatic heterocycles. The van der Waals surface area contributed by atoms with Crippen molar-refractivity contribution in [2.45, 2.75) is 20.4 Å². The molecule has 0 aliphatic heterocycles. The number of nitrogens with one attached hydrogen (secondary N) is 1. The number of rotatable bonds is 3. The molecule has 0 fully saturated rings. The summed E-state index contributed by atoms with van der Waals surface area (Å²) < 4.78 is 13.1. The summed E-state index contributed by atoms with van der Waals surface area (Å²) in [6.45, 7) is 4.75. The topological polar surface area (TPSA) is 12.0 Å². The van der Waals surface area contributed by atoms with Crippen LogP contribution in [0.5, 0.6) is 0 Å². The Morgan fingerprint density at radius 3 is 2.41 bits per heavy atom. The first kappa shape index (κ1) is 11.6. The maximum atomic E-state index is 13.1. The van der Waals surface area contributed by atoms with Gasteiger partial charge in [-0.05, 0) is 37.1 Å². The molecule has 88 valence electrons. The Labute approximate surface area is 101 Å². The summed E-state index contributed by atoms with van der Waals surface area (Å²) in [4.78, 5) is 0. The molecule has 0 spiro atoms. The van der Waals surface area contributed by atoms with Crippen LogP contribution in [0.25, 0.3) is 0 Å². The lowest BCUT2D eigenvalue weighted by Gasteiger charge is -2.09. The number of hydrogen-bond acceptors (Lipinski definition) is 1. The van der Waals surface area contributed by atoms with Gasteiger partial charge in [0.2, 0.25) is 0 Å². The zero-order valence-electron chi connectivity index (χ0n) is 10.1. The number of aryl methyl sites for hydroxylation is 2. The van der Waals surface area contributed by atoms with Crippen molar-refractivity contribution < 1.29 is 4.39 Å². The van der Waals surface area contributed by atoms with Crippen LogP contribution in [0.15, 0.2) is 42.5 Å². The van der Waals surface area contributed by atoms with E-state index in [0.29, 0.717) is 6.54 Å². The third-order valence-electron chi connectivity index (χ3n) is 2.80. The van der Waals surface area contributed by atoms with E-state index < -0.39 is 0 Å². The molecule has 0 aliphatic carbocycles. The van der Waals surface area contributed by atoms with E-state index >= 15 is 0 Å². The van der Waals surface area contributed by atoms with E-state index in [1.807, 2.05) is 6.92 Å². The predicted octanol–water partition coefficient (Wildman–Crippen LogP) is 4.05. The molecule has 0 amide bonds. The van der Waals surface area contributed by atoms with Gasteiger partial charge in [-0.3, -0.25) is 0 Å². The van der Waals surface area contributed by atoms with Gasteiger partial charge < -0.3 is 5.32 Å². The second-order valence-electron chi connectivity index (χ2n) is 4.30. The van der Waals surface area contributed by atoms with E-state index in [1.165, 1.54) is 23.3 Å². The zero-order chi connectivity index (χ0) is 12.3. The van der Waals surface area contributed by atoms with Crippen LogP contribution in [-0.4, -0.2) is 0 Å². The van der Waals surface area contributed by atoms with E-state index in [9.17, 15) is 4.39 Å². The van der Waals surface area contributed by atoms with Gasteiger partial charge in [0.05, 0.1) is 0 Å². The standard InChI is InChI=1S/C15H16FN/c1-11-3-6-13(7-4-11)10-17-15-9-14(16)8-5-12(15)2/h3-9,17H,10H2,1-2H3. The molecule has 1 nitrogen and oxygen atoms in total. The third-order valence-corrected chi connectivity index (χ3v) is 2.80. The lowest BCUT2D eigenvalue weighted by molar-refractivity contribution is 0.628. The van der Waals surface area contributed by atoms with Gasteiger partial charge in [0.1, 0.15) is 5.82 Å². The van der Waals surface area contributed by atoms with Crippen LogP contribution in [0, 0.1) is 19.7 Å². The summed E-state index contributed by atoms with van der Waals surface area (Å²) in [5, 5.41) is 3.25. The third kappa shape index (κ3) is 3.06. The Morgan fingerprint density at radius 1 is 1.00 bits per heavy atom. The summed E-state index contributed by atoms with van der Waals surface area (Å²) in [5.41, 5.74) is 4.35. The molecule has 0 unspecified atom stereocenters. The molecule has 2 aromatic rings. The van der Waals surface area contributed by atoms with Crippen LogP contribution in [0.2, 0.25) is 0 Å². The average Bonchev–Trinajstić information content (AvgIpc) is 2.32. The van der Waals surface area contributed by atoms with Gasteiger partial charge in [0.25, 0.3) is 0 Å². The minimum absolute atomic E-state index is 0.206. The number of anilines is 1. The van der Waals surface area contributed by atoms with Crippen LogP contribution in [0.4, 0.5) is 10.1 Å². The first-order valence-electron chi connectivity index (χ1n) is 5.71. The van der Waals surface area contributed by atoms with Crippen LogP contribution in [-0.2, 0) is 6.54 Å². The van der Waals surface area contributed by atoms with E-state index in [1.54, 1.807) is 6.07 Å². The van der Waals surface area contributed by atoms with E-state index in [-0.39, 0.29) is 5.82 Å². The Kier molecular flexibility index (Phi) is 3.43. The van der Waals surface area contributed by atoms with Crippen molar-refractivity contribution in [3.8, 4) is 0 Å². The fraction of sp³-hybridized carbons (Fsp3) is 0.200. The molecule has 0 atom stereocenters. The van der Waals surface area contributed by atoms with Gasteiger partial charge in [0.15, 0.2) is 0 Å². The van der Waals surface area contributed by atoms with Gasteiger partial charge in [0, 0.05) is 12.2 Å². The van der Waals surface area contributed by atoms with Crippen molar-refractivity contribution in [3.63, 3.8) is 0 Å². The molecule has 17 heavy (non-hydrogen) atoms. The molecule has 0 bridgehead atoms. The SMILES string of the molecule is Cc1ccc(CNc2cc(F)ccc2C)cc1. The first-order valence-corrected chi connectivity index (χ1v) is 5.71. The highest BCUT2D eigenvalue weighted by Gasteiger charge is 2.00. The Balaban J connectivity index is 2.07. The lowest BCUT2D eigenvalue weighted by Crippen LogP contribution is -2.01. The van der Waals surface area contributed by atoms with Gasteiger partial charge in [-0.1, -0.05) is 35.9 Å². The number of hydrogen-bond donors (Lipinski definition) is 1. The molecular formula is C15H16FN. The molecule has 0 saturated heterocycles. The second kappa shape index (κ2) is 5.00. The monoisotopic (exact) mass is 229 g/mol. The summed E-state index contributed by atoms with van der Waals surface area (Å²) in [5.74, 6) is -0.206. The summed E-state index contributed by atoms with van der Waals surface area (Å²) in [6.07, 6.45) is 0. The second-order valence-corrected chi connectivity index (χ2v) is 4.30. The van der Waals surface area contributed by atoms with Crippen molar-refractivity contribution in [2.24, 2.45) is 0 Å². The van der Waals surface area contributed by atoms with Crippen molar-refractivity contribution in [1.29, 1.82) is 0 Å². The quantitative estimate of drug-likeness (QED) is 0.837. The van der Waals surface area contributed by atoms with Crippen LogP contribution in [0.1, 0.15) is 16.7 Å². The van der Waals surface area contributed by atoms with Crippen molar-refractivity contribution >= 4 is 5.69 Å². The summed E-state index contributed by atoms with van der Waals surface area (Å²) in [6, 6.07) is 13.1. The Bertz CT molecular complexity index is 503. The van der Waals surface area contributed by atoms with Gasteiger partial charge in [-0.25, -0.2) is 4.39 Å². The predicted molar refractivity (Wildman–Crippen MR) is 69.6 cm³/mol. The molecule has 1 N–H and O–H groups in total. The maximum absolute atomic E-state index is 13.1.